The molecule has 0 aromatic rings. The van der Waals surface area contributed by atoms with E-state index in [0.29, 0.717) is 0 Å². The van der Waals surface area contributed by atoms with E-state index in [-0.39, 0.29) is 23.9 Å². The SMILES string of the molecule is C=CC(=O)NC1CCC(NC(=O)[C@H](O)C(C)(C)C)CC1. The third kappa shape index (κ3) is 4.96. The van der Waals surface area contributed by atoms with Gasteiger partial charge in [-0.1, -0.05) is 27.4 Å². The zero-order chi connectivity index (χ0) is 15.3. The molecule has 0 spiro atoms. The van der Waals surface area contributed by atoms with Crippen LogP contribution in [0.2, 0.25) is 0 Å². The van der Waals surface area contributed by atoms with Crippen molar-refractivity contribution in [2.24, 2.45) is 5.41 Å². The zero-order valence-corrected chi connectivity index (χ0v) is 12.6. The van der Waals surface area contributed by atoms with Gasteiger partial charge in [0.2, 0.25) is 11.8 Å². The maximum atomic E-state index is 11.9. The predicted molar refractivity (Wildman–Crippen MR) is 78.0 cm³/mol. The highest BCUT2D eigenvalue weighted by molar-refractivity contribution is 5.87. The van der Waals surface area contributed by atoms with Crippen LogP contribution >= 0.6 is 0 Å². The number of rotatable bonds is 4. The number of hydrogen-bond donors (Lipinski definition) is 3. The van der Waals surface area contributed by atoms with Gasteiger partial charge >= 0.3 is 0 Å². The summed E-state index contributed by atoms with van der Waals surface area (Å²) in [5.41, 5.74) is -0.459. The molecular formula is C15H26N2O3. The minimum absolute atomic E-state index is 0.0800. The Hall–Kier alpha value is -1.36. The van der Waals surface area contributed by atoms with Gasteiger partial charge in [0.05, 0.1) is 0 Å². The highest BCUT2D eigenvalue weighted by Gasteiger charge is 2.31. The van der Waals surface area contributed by atoms with E-state index < -0.39 is 11.5 Å². The molecular weight excluding hydrogens is 256 g/mol. The predicted octanol–water partition coefficient (Wildman–Crippen LogP) is 1.12. The number of aliphatic hydroxyl groups is 1. The first kappa shape index (κ1) is 16.7. The van der Waals surface area contributed by atoms with Crippen molar-refractivity contribution in [3.8, 4) is 0 Å². The highest BCUT2D eigenvalue weighted by Crippen LogP contribution is 2.22. The molecule has 1 saturated carbocycles. The van der Waals surface area contributed by atoms with Crippen LogP contribution in [0.3, 0.4) is 0 Å². The fourth-order valence-electron chi connectivity index (χ4n) is 2.32. The molecule has 1 rings (SSSR count). The summed E-state index contributed by atoms with van der Waals surface area (Å²) < 4.78 is 0. The first-order valence-electron chi connectivity index (χ1n) is 7.15. The second-order valence-electron chi connectivity index (χ2n) is 6.54. The zero-order valence-electron chi connectivity index (χ0n) is 12.6. The van der Waals surface area contributed by atoms with Crippen molar-refractivity contribution in [3.05, 3.63) is 12.7 Å². The van der Waals surface area contributed by atoms with Gasteiger partial charge in [-0.05, 0) is 37.2 Å². The topological polar surface area (TPSA) is 78.4 Å². The number of carbonyl (C=O) groups is 2. The monoisotopic (exact) mass is 282 g/mol. The molecule has 5 nitrogen and oxygen atoms in total. The molecule has 0 aromatic carbocycles. The van der Waals surface area contributed by atoms with Crippen molar-refractivity contribution >= 4 is 11.8 Å². The lowest BCUT2D eigenvalue weighted by Crippen LogP contribution is -2.49. The first-order chi connectivity index (χ1) is 9.24. The van der Waals surface area contributed by atoms with Gasteiger partial charge in [-0.25, -0.2) is 0 Å². The Labute approximate surface area is 120 Å². The van der Waals surface area contributed by atoms with Crippen molar-refractivity contribution < 1.29 is 14.7 Å². The molecule has 114 valence electrons. The Balaban J connectivity index is 2.37. The summed E-state index contributed by atoms with van der Waals surface area (Å²) >= 11 is 0. The number of amides is 2. The lowest BCUT2D eigenvalue weighted by Gasteiger charge is -2.32. The molecule has 0 bridgehead atoms. The summed E-state index contributed by atoms with van der Waals surface area (Å²) in [6, 6.07) is 0.234. The Morgan fingerprint density at radius 3 is 2.00 bits per heavy atom. The van der Waals surface area contributed by atoms with Gasteiger partial charge in [-0.3, -0.25) is 9.59 Å². The summed E-state index contributed by atoms with van der Waals surface area (Å²) in [6.45, 7) is 8.92. The number of nitrogens with one attached hydrogen (secondary N) is 2. The van der Waals surface area contributed by atoms with Crippen LogP contribution in [0, 0.1) is 5.41 Å². The Bertz CT molecular complexity index is 366. The summed E-state index contributed by atoms with van der Waals surface area (Å²) in [4.78, 5) is 23.1. The molecule has 1 atom stereocenters. The molecule has 1 aliphatic rings. The van der Waals surface area contributed by atoms with Crippen LogP contribution in [0.15, 0.2) is 12.7 Å². The van der Waals surface area contributed by atoms with E-state index in [9.17, 15) is 14.7 Å². The third-order valence-corrected chi connectivity index (χ3v) is 3.67. The lowest BCUT2D eigenvalue weighted by molar-refractivity contribution is -0.135. The number of carbonyl (C=O) groups excluding carboxylic acids is 2. The van der Waals surface area contributed by atoms with Crippen molar-refractivity contribution in [1.29, 1.82) is 0 Å². The van der Waals surface area contributed by atoms with Crippen molar-refractivity contribution in [2.45, 2.75) is 64.6 Å². The van der Waals surface area contributed by atoms with Crippen molar-refractivity contribution in [2.75, 3.05) is 0 Å². The molecule has 20 heavy (non-hydrogen) atoms. The molecule has 0 saturated heterocycles. The van der Waals surface area contributed by atoms with Crippen LogP contribution in [0.5, 0.6) is 0 Å². The molecule has 0 aromatic heterocycles. The molecule has 1 fully saturated rings. The van der Waals surface area contributed by atoms with Crippen LogP contribution in [0.4, 0.5) is 0 Å². The van der Waals surface area contributed by atoms with Crippen molar-refractivity contribution in [3.63, 3.8) is 0 Å². The van der Waals surface area contributed by atoms with E-state index in [1.54, 1.807) is 0 Å². The molecule has 0 unspecified atom stereocenters. The average Bonchev–Trinajstić information content (AvgIpc) is 2.38. The molecule has 0 aliphatic heterocycles. The first-order valence-corrected chi connectivity index (χ1v) is 7.15. The van der Waals surface area contributed by atoms with Crippen molar-refractivity contribution in [1.82, 2.24) is 10.6 Å². The maximum Gasteiger partial charge on any atom is 0.249 e. The molecule has 0 radical (unpaired) electrons. The summed E-state index contributed by atoms with van der Waals surface area (Å²) in [7, 11) is 0. The summed E-state index contributed by atoms with van der Waals surface area (Å²) in [5, 5.41) is 15.7. The van der Waals surface area contributed by atoms with E-state index in [1.165, 1.54) is 6.08 Å². The fraction of sp³-hybridized carbons (Fsp3) is 0.733. The van der Waals surface area contributed by atoms with E-state index in [4.69, 9.17) is 0 Å². The lowest BCUT2D eigenvalue weighted by atomic mass is 9.87. The highest BCUT2D eigenvalue weighted by atomic mass is 16.3. The van der Waals surface area contributed by atoms with Gasteiger partial charge in [-0.15, -0.1) is 0 Å². The van der Waals surface area contributed by atoms with Gasteiger partial charge < -0.3 is 15.7 Å². The minimum atomic E-state index is -0.999. The van der Waals surface area contributed by atoms with Crippen LogP contribution < -0.4 is 10.6 Å². The smallest absolute Gasteiger partial charge is 0.249 e. The van der Waals surface area contributed by atoms with E-state index >= 15 is 0 Å². The van der Waals surface area contributed by atoms with Crippen LogP contribution in [0.1, 0.15) is 46.5 Å². The summed E-state index contributed by atoms with van der Waals surface area (Å²) in [5.74, 6) is -0.461. The van der Waals surface area contributed by atoms with Gasteiger partial charge in [0.1, 0.15) is 6.10 Å². The van der Waals surface area contributed by atoms with E-state index in [2.05, 4.69) is 17.2 Å². The number of hydrogen-bond acceptors (Lipinski definition) is 3. The molecule has 2 amide bonds. The molecule has 5 heteroatoms. The molecule has 3 N–H and O–H groups in total. The molecule has 1 aliphatic carbocycles. The minimum Gasteiger partial charge on any atom is -0.383 e. The van der Waals surface area contributed by atoms with Gasteiger partial charge in [0.25, 0.3) is 0 Å². The Morgan fingerprint density at radius 1 is 1.15 bits per heavy atom. The van der Waals surface area contributed by atoms with Crippen LogP contribution in [0.25, 0.3) is 0 Å². The van der Waals surface area contributed by atoms with Gasteiger partial charge in [0, 0.05) is 12.1 Å². The fourth-order valence-corrected chi connectivity index (χ4v) is 2.32. The number of aliphatic hydroxyl groups excluding tert-OH is 1. The van der Waals surface area contributed by atoms with Crippen LogP contribution in [-0.4, -0.2) is 35.1 Å². The second-order valence-corrected chi connectivity index (χ2v) is 6.54. The quantitative estimate of drug-likeness (QED) is 0.676. The van der Waals surface area contributed by atoms with Crippen LogP contribution in [-0.2, 0) is 9.59 Å². The second kappa shape index (κ2) is 6.88. The Kier molecular flexibility index (Phi) is 5.74. The van der Waals surface area contributed by atoms with E-state index in [1.807, 2.05) is 20.8 Å². The standard InChI is InChI=1S/C15H26N2O3/c1-5-12(18)16-10-6-8-11(9-7-10)17-14(20)13(19)15(2,3)4/h5,10-11,13,19H,1,6-9H2,2-4H3,(H,16,18)(H,17,20)/t10?,11?,13-/m0/s1. The third-order valence-electron chi connectivity index (χ3n) is 3.67. The maximum absolute atomic E-state index is 11.9. The normalized spacial score (nSPS) is 24.6. The Morgan fingerprint density at radius 2 is 1.60 bits per heavy atom. The average molecular weight is 282 g/mol. The van der Waals surface area contributed by atoms with Gasteiger partial charge in [-0.2, -0.15) is 0 Å². The summed E-state index contributed by atoms with van der Waals surface area (Å²) in [6.07, 6.45) is 3.55. The van der Waals surface area contributed by atoms with Gasteiger partial charge in [0.15, 0.2) is 0 Å². The molecule has 0 heterocycles. The largest absolute Gasteiger partial charge is 0.383 e. The van der Waals surface area contributed by atoms with E-state index in [0.717, 1.165) is 25.7 Å².